The van der Waals surface area contributed by atoms with Crippen LogP contribution in [-0.4, -0.2) is 73.5 Å². The van der Waals surface area contributed by atoms with Crippen molar-refractivity contribution in [2.45, 2.75) is 53.0 Å². The van der Waals surface area contributed by atoms with E-state index in [9.17, 15) is 4.79 Å². The van der Waals surface area contributed by atoms with Crippen molar-refractivity contribution in [2.24, 2.45) is 4.99 Å². The highest BCUT2D eigenvalue weighted by Crippen LogP contribution is 2.09. The van der Waals surface area contributed by atoms with Crippen molar-refractivity contribution >= 4 is 11.9 Å². The number of likely N-dealkylation sites (N-methyl/N-ethyl adjacent to an activating group) is 1. The molecule has 1 amide bonds. The SMILES string of the molecule is CCNC(=NCC(C)N(CC)CC)NCCCN1CCCC1=O. The third-order valence-corrected chi connectivity index (χ3v) is 4.36. The first kappa shape index (κ1) is 19.7. The predicted molar refractivity (Wildman–Crippen MR) is 96.8 cm³/mol. The fourth-order valence-electron chi connectivity index (χ4n) is 2.94. The molecule has 1 rings (SSSR count). The summed E-state index contributed by atoms with van der Waals surface area (Å²) in [5, 5.41) is 6.66. The van der Waals surface area contributed by atoms with Crippen LogP contribution in [0.1, 0.15) is 47.0 Å². The van der Waals surface area contributed by atoms with Crippen LogP contribution < -0.4 is 10.6 Å². The molecular formula is C17H35N5O. The van der Waals surface area contributed by atoms with Crippen LogP contribution in [0, 0.1) is 0 Å². The summed E-state index contributed by atoms with van der Waals surface area (Å²) in [6.45, 7) is 15.1. The number of amides is 1. The molecule has 0 saturated carbocycles. The number of nitrogens with one attached hydrogen (secondary N) is 2. The van der Waals surface area contributed by atoms with Crippen molar-refractivity contribution in [1.82, 2.24) is 20.4 Å². The maximum absolute atomic E-state index is 11.6. The van der Waals surface area contributed by atoms with Gasteiger partial charge < -0.3 is 15.5 Å². The summed E-state index contributed by atoms with van der Waals surface area (Å²) in [4.78, 5) is 20.6. The Morgan fingerprint density at radius 1 is 1.30 bits per heavy atom. The summed E-state index contributed by atoms with van der Waals surface area (Å²) in [5.41, 5.74) is 0. The van der Waals surface area contributed by atoms with Crippen LogP contribution >= 0.6 is 0 Å². The lowest BCUT2D eigenvalue weighted by Crippen LogP contribution is -2.41. The highest BCUT2D eigenvalue weighted by atomic mass is 16.2. The first-order chi connectivity index (χ1) is 11.1. The van der Waals surface area contributed by atoms with Gasteiger partial charge >= 0.3 is 0 Å². The smallest absolute Gasteiger partial charge is 0.222 e. The number of hydrogen-bond donors (Lipinski definition) is 2. The third-order valence-electron chi connectivity index (χ3n) is 4.36. The second kappa shape index (κ2) is 11.3. The molecule has 1 heterocycles. The van der Waals surface area contributed by atoms with Crippen LogP contribution in [0.2, 0.25) is 0 Å². The molecule has 0 aliphatic carbocycles. The van der Waals surface area contributed by atoms with Gasteiger partial charge in [0.05, 0.1) is 6.54 Å². The summed E-state index contributed by atoms with van der Waals surface area (Å²) < 4.78 is 0. The van der Waals surface area contributed by atoms with E-state index >= 15 is 0 Å². The van der Waals surface area contributed by atoms with Crippen molar-refractivity contribution in [3.05, 3.63) is 0 Å². The number of hydrogen-bond acceptors (Lipinski definition) is 3. The number of likely N-dealkylation sites (tertiary alicyclic amines) is 1. The highest BCUT2D eigenvalue weighted by molar-refractivity contribution is 5.79. The first-order valence-electron chi connectivity index (χ1n) is 9.16. The number of nitrogens with zero attached hydrogens (tertiary/aromatic N) is 3. The molecule has 1 aliphatic rings. The van der Waals surface area contributed by atoms with Gasteiger partial charge in [-0.1, -0.05) is 13.8 Å². The molecule has 0 radical (unpaired) electrons. The van der Waals surface area contributed by atoms with Gasteiger partial charge in [-0.15, -0.1) is 0 Å². The molecule has 0 aromatic carbocycles. The number of carbonyl (C=O) groups is 1. The Morgan fingerprint density at radius 2 is 2.04 bits per heavy atom. The molecule has 1 atom stereocenters. The van der Waals surface area contributed by atoms with E-state index in [4.69, 9.17) is 0 Å². The van der Waals surface area contributed by atoms with Crippen molar-refractivity contribution in [1.29, 1.82) is 0 Å². The Morgan fingerprint density at radius 3 is 2.61 bits per heavy atom. The maximum Gasteiger partial charge on any atom is 0.222 e. The molecule has 6 heteroatoms. The topological polar surface area (TPSA) is 60.0 Å². The number of rotatable bonds is 10. The minimum absolute atomic E-state index is 0.304. The molecule has 1 unspecified atom stereocenters. The van der Waals surface area contributed by atoms with Gasteiger partial charge in [0.2, 0.25) is 5.91 Å². The maximum atomic E-state index is 11.6. The Labute approximate surface area is 141 Å². The summed E-state index contributed by atoms with van der Waals surface area (Å²) >= 11 is 0. The van der Waals surface area contributed by atoms with Gasteiger partial charge in [-0.3, -0.25) is 14.7 Å². The second-order valence-corrected chi connectivity index (χ2v) is 6.05. The van der Waals surface area contributed by atoms with E-state index in [0.29, 0.717) is 11.9 Å². The summed E-state index contributed by atoms with van der Waals surface area (Å²) in [5.74, 6) is 1.18. The van der Waals surface area contributed by atoms with Crippen LogP contribution in [0.15, 0.2) is 4.99 Å². The Kier molecular flexibility index (Phi) is 9.67. The number of guanidine groups is 1. The van der Waals surface area contributed by atoms with E-state index < -0.39 is 0 Å². The number of carbonyl (C=O) groups excluding carboxylic acids is 1. The van der Waals surface area contributed by atoms with Crippen LogP contribution in [0.3, 0.4) is 0 Å². The molecule has 0 spiro atoms. The van der Waals surface area contributed by atoms with Crippen LogP contribution in [-0.2, 0) is 4.79 Å². The van der Waals surface area contributed by atoms with Crippen LogP contribution in [0.5, 0.6) is 0 Å². The van der Waals surface area contributed by atoms with Crippen molar-refractivity contribution in [2.75, 3.05) is 45.8 Å². The van der Waals surface area contributed by atoms with Crippen molar-refractivity contribution in [3.63, 3.8) is 0 Å². The lowest BCUT2D eigenvalue weighted by molar-refractivity contribution is -0.127. The van der Waals surface area contributed by atoms with Gasteiger partial charge in [-0.2, -0.15) is 0 Å². The van der Waals surface area contributed by atoms with Gasteiger partial charge in [-0.25, -0.2) is 0 Å². The first-order valence-corrected chi connectivity index (χ1v) is 9.16. The molecule has 23 heavy (non-hydrogen) atoms. The third kappa shape index (κ3) is 7.20. The van der Waals surface area contributed by atoms with E-state index in [0.717, 1.165) is 71.0 Å². The van der Waals surface area contributed by atoms with E-state index in [1.54, 1.807) is 0 Å². The van der Waals surface area contributed by atoms with Crippen LogP contribution in [0.4, 0.5) is 0 Å². The average molecular weight is 326 g/mol. The quantitative estimate of drug-likeness (QED) is 0.361. The molecule has 1 aliphatic heterocycles. The van der Waals surface area contributed by atoms with Gasteiger partial charge in [0.1, 0.15) is 0 Å². The van der Waals surface area contributed by atoms with E-state index in [1.807, 2.05) is 4.90 Å². The minimum Gasteiger partial charge on any atom is -0.357 e. The lowest BCUT2D eigenvalue weighted by Gasteiger charge is -2.25. The zero-order chi connectivity index (χ0) is 17.1. The van der Waals surface area contributed by atoms with Crippen molar-refractivity contribution < 1.29 is 4.79 Å². The van der Waals surface area contributed by atoms with Gasteiger partial charge in [0.15, 0.2) is 5.96 Å². The zero-order valence-corrected chi connectivity index (χ0v) is 15.4. The van der Waals surface area contributed by atoms with Gasteiger partial charge in [0.25, 0.3) is 0 Å². The standard InChI is InChI=1S/C17H35N5O/c1-5-18-17(20-14-15(4)21(6-2)7-3)19-11-9-13-22-12-8-10-16(22)23/h15H,5-14H2,1-4H3,(H2,18,19,20). The number of aliphatic imine (C=N–C) groups is 1. The highest BCUT2D eigenvalue weighted by Gasteiger charge is 2.18. The molecular weight excluding hydrogens is 290 g/mol. The summed E-state index contributed by atoms with van der Waals surface area (Å²) in [6, 6.07) is 0.447. The molecule has 0 aromatic rings. The van der Waals surface area contributed by atoms with E-state index in [-0.39, 0.29) is 0 Å². The van der Waals surface area contributed by atoms with E-state index in [2.05, 4.69) is 48.2 Å². The summed E-state index contributed by atoms with van der Waals surface area (Å²) in [7, 11) is 0. The largest absolute Gasteiger partial charge is 0.357 e. The molecule has 0 aromatic heterocycles. The minimum atomic E-state index is 0.304. The molecule has 134 valence electrons. The van der Waals surface area contributed by atoms with Gasteiger partial charge in [-0.05, 0) is 39.8 Å². The second-order valence-electron chi connectivity index (χ2n) is 6.05. The molecule has 0 bridgehead atoms. The predicted octanol–water partition coefficient (Wildman–Crippen LogP) is 1.28. The monoisotopic (exact) mass is 325 g/mol. The molecule has 1 fully saturated rings. The zero-order valence-electron chi connectivity index (χ0n) is 15.4. The summed E-state index contributed by atoms with van der Waals surface area (Å²) in [6.07, 6.45) is 2.70. The fourth-order valence-corrected chi connectivity index (χ4v) is 2.94. The molecule has 6 nitrogen and oxygen atoms in total. The molecule has 1 saturated heterocycles. The van der Waals surface area contributed by atoms with E-state index in [1.165, 1.54) is 0 Å². The molecule has 2 N–H and O–H groups in total. The normalized spacial score (nSPS) is 17.0. The fraction of sp³-hybridized carbons (Fsp3) is 0.882. The Balaban J connectivity index is 2.32. The Hall–Kier alpha value is -1.30. The van der Waals surface area contributed by atoms with Crippen LogP contribution in [0.25, 0.3) is 0 Å². The average Bonchev–Trinajstić information content (AvgIpc) is 2.95. The lowest BCUT2D eigenvalue weighted by atomic mass is 10.3. The van der Waals surface area contributed by atoms with Crippen molar-refractivity contribution in [3.8, 4) is 0 Å². The Bertz CT molecular complexity index is 368. The van der Waals surface area contributed by atoms with Gasteiger partial charge in [0, 0.05) is 38.6 Å².